The molecule has 0 saturated heterocycles. The number of carbonyl (C=O) groups is 1. The first-order chi connectivity index (χ1) is 13.5. The molecule has 1 aromatic carbocycles. The lowest BCUT2D eigenvalue weighted by molar-refractivity contribution is -0.127. The number of anilines is 1. The van der Waals surface area contributed by atoms with Gasteiger partial charge in [0.05, 0.1) is 11.4 Å². The molecule has 9 heteroatoms. The molecule has 3 aromatic rings. The molecule has 1 N–H and O–H groups in total. The Morgan fingerprint density at radius 2 is 2.18 bits per heavy atom. The monoisotopic (exact) mass is 415 g/mol. The third-order valence-electron chi connectivity index (χ3n) is 4.47. The molecule has 3 rings (SSSR count). The SMILES string of the molecule is Bc1cnn2c(NCCCN(C)C(=O)CSC)cc(-c3ccccc3Cl)nc12. The van der Waals surface area contributed by atoms with Crippen molar-refractivity contribution in [3.8, 4) is 11.3 Å². The van der Waals surface area contributed by atoms with Crippen molar-refractivity contribution >= 4 is 54.0 Å². The van der Waals surface area contributed by atoms with E-state index in [1.807, 2.05) is 51.5 Å². The summed E-state index contributed by atoms with van der Waals surface area (Å²) < 4.78 is 1.80. The molecule has 0 aliphatic rings. The Morgan fingerprint density at radius 1 is 1.39 bits per heavy atom. The van der Waals surface area contributed by atoms with Crippen LogP contribution in [0.15, 0.2) is 36.5 Å². The maximum absolute atomic E-state index is 11.9. The van der Waals surface area contributed by atoms with Crippen LogP contribution in [0.2, 0.25) is 5.02 Å². The number of nitrogens with one attached hydrogen (secondary N) is 1. The average molecular weight is 416 g/mol. The Labute approximate surface area is 175 Å². The van der Waals surface area contributed by atoms with Gasteiger partial charge in [-0.1, -0.05) is 29.8 Å². The fourth-order valence-corrected chi connectivity index (χ4v) is 3.60. The number of carbonyl (C=O) groups excluding carboxylic acids is 1. The van der Waals surface area contributed by atoms with Gasteiger partial charge < -0.3 is 10.2 Å². The maximum atomic E-state index is 11.9. The van der Waals surface area contributed by atoms with Gasteiger partial charge in [-0.3, -0.25) is 4.79 Å². The smallest absolute Gasteiger partial charge is 0.232 e. The first-order valence-corrected chi connectivity index (χ1v) is 10.9. The summed E-state index contributed by atoms with van der Waals surface area (Å²) in [7, 11) is 3.83. The van der Waals surface area contributed by atoms with Gasteiger partial charge >= 0.3 is 0 Å². The van der Waals surface area contributed by atoms with Crippen LogP contribution >= 0.6 is 23.4 Å². The Balaban J connectivity index is 1.77. The molecular formula is C19H23BClN5OS. The summed E-state index contributed by atoms with van der Waals surface area (Å²) in [6, 6.07) is 9.64. The van der Waals surface area contributed by atoms with Crippen LogP contribution in [0.25, 0.3) is 16.9 Å². The van der Waals surface area contributed by atoms with Crippen molar-refractivity contribution in [2.24, 2.45) is 0 Å². The number of thioether (sulfide) groups is 1. The van der Waals surface area contributed by atoms with Crippen LogP contribution in [0.5, 0.6) is 0 Å². The highest BCUT2D eigenvalue weighted by Gasteiger charge is 2.13. The van der Waals surface area contributed by atoms with E-state index in [4.69, 9.17) is 16.6 Å². The quantitative estimate of drug-likeness (QED) is 0.450. The van der Waals surface area contributed by atoms with E-state index in [1.165, 1.54) is 0 Å². The third-order valence-corrected chi connectivity index (χ3v) is 5.33. The van der Waals surface area contributed by atoms with Crippen molar-refractivity contribution in [2.75, 3.05) is 37.5 Å². The van der Waals surface area contributed by atoms with Crippen molar-refractivity contribution in [2.45, 2.75) is 6.42 Å². The number of hydrogen-bond acceptors (Lipinski definition) is 5. The van der Waals surface area contributed by atoms with E-state index in [1.54, 1.807) is 27.4 Å². The molecule has 0 atom stereocenters. The number of hydrogen-bond donors (Lipinski definition) is 1. The van der Waals surface area contributed by atoms with Crippen LogP contribution in [0, 0.1) is 0 Å². The van der Waals surface area contributed by atoms with Crippen LogP contribution in [0.1, 0.15) is 6.42 Å². The molecule has 2 heterocycles. The van der Waals surface area contributed by atoms with Crippen LogP contribution in [0.3, 0.4) is 0 Å². The summed E-state index contributed by atoms with van der Waals surface area (Å²) >= 11 is 7.91. The fraction of sp³-hybridized carbons (Fsp3) is 0.316. The Kier molecular flexibility index (Phi) is 6.85. The predicted molar refractivity (Wildman–Crippen MR) is 121 cm³/mol. The Bertz CT molecular complexity index is 980. The van der Waals surface area contributed by atoms with Crippen molar-refractivity contribution in [3.63, 3.8) is 0 Å². The number of rotatable bonds is 8. The summed E-state index contributed by atoms with van der Waals surface area (Å²) in [6.07, 6.45) is 4.57. The molecule has 0 radical (unpaired) electrons. The molecule has 0 aliphatic carbocycles. The molecule has 0 fully saturated rings. The van der Waals surface area contributed by atoms with E-state index in [0.717, 1.165) is 41.2 Å². The molecule has 1 amide bonds. The topological polar surface area (TPSA) is 62.5 Å². The zero-order valence-corrected chi connectivity index (χ0v) is 17.8. The average Bonchev–Trinajstić information content (AvgIpc) is 3.06. The standard InChI is InChI=1S/C19H23BClN5OS/c1-25(18(27)12-28-2)9-5-8-22-17-10-16(13-6-3-4-7-15(13)21)24-19-14(20)11-23-26(17)19/h3-4,6-7,10-11,22H,5,8-9,12,20H2,1-2H3. The van der Waals surface area contributed by atoms with Crippen LogP contribution in [-0.4, -0.2) is 65.4 Å². The predicted octanol–water partition coefficient (Wildman–Crippen LogP) is 1.93. The second-order valence-corrected chi connectivity index (χ2v) is 7.87. The van der Waals surface area contributed by atoms with Crippen molar-refractivity contribution in [1.82, 2.24) is 19.5 Å². The summed E-state index contributed by atoms with van der Waals surface area (Å²) in [4.78, 5) is 18.4. The summed E-state index contributed by atoms with van der Waals surface area (Å²) in [5.74, 6) is 1.52. The zero-order valence-electron chi connectivity index (χ0n) is 16.3. The van der Waals surface area contributed by atoms with Crippen molar-refractivity contribution in [1.29, 1.82) is 0 Å². The maximum Gasteiger partial charge on any atom is 0.232 e. The first-order valence-electron chi connectivity index (χ1n) is 9.08. The lowest BCUT2D eigenvalue weighted by Crippen LogP contribution is -2.30. The van der Waals surface area contributed by atoms with E-state index >= 15 is 0 Å². The molecule has 28 heavy (non-hydrogen) atoms. The summed E-state index contributed by atoms with van der Waals surface area (Å²) in [5.41, 5.74) is 3.49. The van der Waals surface area contributed by atoms with E-state index in [9.17, 15) is 4.79 Å². The van der Waals surface area contributed by atoms with E-state index in [0.29, 0.717) is 17.3 Å². The summed E-state index contributed by atoms with van der Waals surface area (Å²) in [6.45, 7) is 1.42. The van der Waals surface area contributed by atoms with Gasteiger partial charge in [-0.05, 0) is 24.2 Å². The number of aromatic nitrogens is 3. The van der Waals surface area contributed by atoms with E-state index < -0.39 is 0 Å². The van der Waals surface area contributed by atoms with Crippen LogP contribution in [-0.2, 0) is 4.79 Å². The largest absolute Gasteiger partial charge is 0.370 e. The summed E-state index contributed by atoms with van der Waals surface area (Å²) in [5, 5.41) is 8.53. The molecule has 0 unspecified atom stereocenters. The molecule has 6 nitrogen and oxygen atoms in total. The van der Waals surface area contributed by atoms with Gasteiger partial charge in [-0.25, -0.2) is 4.98 Å². The minimum absolute atomic E-state index is 0.155. The molecule has 0 aliphatic heterocycles. The molecule has 0 spiro atoms. The normalized spacial score (nSPS) is 11.0. The molecule has 146 valence electrons. The molecule has 0 saturated carbocycles. The van der Waals surface area contributed by atoms with Crippen LogP contribution in [0.4, 0.5) is 5.82 Å². The second-order valence-electron chi connectivity index (χ2n) is 6.60. The molecular weight excluding hydrogens is 393 g/mol. The lowest BCUT2D eigenvalue weighted by atomic mass is 10.0. The van der Waals surface area contributed by atoms with Gasteiger partial charge in [0.25, 0.3) is 0 Å². The second kappa shape index (κ2) is 9.34. The zero-order chi connectivity index (χ0) is 20.1. The lowest BCUT2D eigenvalue weighted by Gasteiger charge is -2.17. The van der Waals surface area contributed by atoms with E-state index in [2.05, 4.69) is 10.4 Å². The minimum atomic E-state index is 0.155. The van der Waals surface area contributed by atoms with Crippen LogP contribution < -0.4 is 10.8 Å². The number of fused-ring (bicyclic) bond motifs is 1. The Hall–Kier alpha value is -2.19. The van der Waals surface area contributed by atoms with Gasteiger partial charge in [0.1, 0.15) is 13.7 Å². The highest BCUT2D eigenvalue weighted by atomic mass is 35.5. The van der Waals surface area contributed by atoms with Gasteiger partial charge in [0.2, 0.25) is 5.91 Å². The number of benzene rings is 1. The number of amides is 1. The first kappa shape index (κ1) is 20.5. The molecule has 0 bridgehead atoms. The van der Waals surface area contributed by atoms with Gasteiger partial charge in [-0.2, -0.15) is 21.4 Å². The fourth-order valence-electron chi connectivity index (χ4n) is 2.90. The number of nitrogens with zero attached hydrogens (tertiary/aromatic N) is 4. The highest BCUT2D eigenvalue weighted by molar-refractivity contribution is 7.99. The van der Waals surface area contributed by atoms with E-state index in [-0.39, 0.29) is 5.91 Å². The van der Waals surface area contributed by atoms with Gasteiger partial charge in [0.15, 0.2) is 5.65 Å². The highest BCUT2D eigenvalue weighted by Crippen LogP contribution is 2.28. The van der Waals surface area contributed by atoms with Gasteiger partial charge in [-0.15, -0.1) is 0 Å². The Morgan fingerprint density at radius 3 is 2.93 bits per heavy atom. The van der Waals surface area contributed by atoms with Crippen molar-refractivity contribution < 1.29 is 4.79 Å². The third kappa shape index (κ3) is 4.62. The van der Waals surface area contributed by atoms with Crippen molar-refractivity contribution in [3.05, 3.63) is 41.6 Å². The minimum Gasteiger partial charge on any atom is -0.370 e. The molecule has 2 aromatic heterocycles. The van der Waals surface area contributed by atoms with Gasteiger partial charge in [0, 0.05) is 43.0 Å². The number of halogens is 1.